The third-order valence-corrected chi connectivity index (χ3v) is 3.18. The molecule has 1 N–H and O–H groups in total. The molecule has 1 aliphatic heterocycles. The van der Waals surface area contributed by atoms with E-state index >= 15 is 0 Å². The summed E-state index contributed by atoms with van der Waals surface area (Å²) in [5.41, 5.74) is -0.0931. The fourth-order valence-corrected chi connectivity index (χ4v) is 2.06. The van der Waals surface area contributed by atoms with Crippen molar-refractivity contribution in [1.82, 2.24) is 14.9 Å². The minimum Gasteiger partial charge on any atom is -0.476 e. The lowest BCUT2D eigenvalue weighted by atomic mass is 10.0. The van der Waals surface area contributed by atoms with Gasteiger partial charge in [0.1, 0.15) is 6.61 Å². The highest BCUT2D eigenvalue weighted by Crippen LogP contribution is 2.16. The van der Waals surface area contributed by atoms with Crippen LogP contribution < -0.4 is 4.74 Å². The highest BCUT2D eigenvalue weighted by Gasteiger charge is 2.19. The van der Waals surface area contributed by atoms with Crippen LogP contribution in [0, 0.1) is 0 Å². The van der Waals surface area contributed by atoms with E-state index in [0.717, 1.165) is 13.0 Å². The molecule has 18 heavy (non-hydrogen) atoms. The molecule has 0 spiro atoms. The van der Waals surface area contributed by atoms with Crippen molar-refractivity contribution in [1.29, 1.82) is 0 Å². The molecule has 1 aliphatic rings. The van der Waals surface area contributed by atoms with Gasteiger partial charge in [0.05, 0.1) is 12.4 Å². The summed E-state index contributed by atoms with van der Waals surface area (Å²) >= 11 is 0. The molecular weight excluding hydrogens is 234 g/mol. The number of carbonyl (C=O) groups is 1. The van der Waals surface area contributed by atoms with Crippen LogP contribution in [-0.2, 0) is 0 Å². The Morgan fingerprint density at radius 2 is 2.39 bits per heavy atom. The van der Waals surface area contributed by atoms with Crippen LogP contribution >= 0.6 is 0 Å². The van der Waals surface area contributed by atoms with E-state index in [4.69, 9.17) is 9.84 Å². The summed E-state index contributed by atoms with van der Waals surface area (Å²) in [6, 6.07) is 0.369. The van der Waals surface area contributed by atoms with Crippen LogP contribution in [0.3, 0.4) is 0 Å². The molecule has 1 aromatic heterocycles. The summed E-state index contributed by atoms with van der Waals surface area (Å²) in [7, 11) is 2.08. The molecule has 2 heterocycles. The fourth-order valence-electron chi connectivity index (χ4n) is 2.06. The molecule has 1 aromatic rings. The monoisotopic (exact) mass is 251 g/mol. The molecule has 0 aliphatic carbocycles. The van der Waals surface area contributed by atoms with Crippen LogP contribution in [-0.4, -0.2) is 52.2 Å². The number of ether oxygens (including phenoxy) is 1. The first kappa shape index (κ1) is 12.8. The number of hydrogen-bond acceptors (Lipinski definition) is 5. The summed E-state index contributed by atoms with van der Waals surface area (Å²) in [5, 5.41) is 8.80. The van der Waals surface area contributed by atoms with Crippen molar-refractivity contribution in [3.05, 3.63) is 18.1 Å². The Kier molecular flexibility index (Phi) is 4.09. The molecule has 98 valence electrons. The van der Waals surface area contributed by atoms with Gasteiger partial charge in [-0.15, -0.1) is 0 Å². The smallest absolute Gasteiger partial charge is 0.356 e. The molecule has 0 saturated carbocycles. The maximum Gasteiger partial charge on any atom is 0.356 e. The topological polar surface area (TPSA) is 75.5 Å². The Hall–Kier alpha value is -1.69. The standard InChI is InChI=1S/C12H17N3O3/c1-15-5-3-2-4-9(15)8-18-11-7-13-6-10(14-11)12(16)17/h6-7,9H,2-5,8H2,1H3,(H,16,17). The van der Waals surface area contributed by atoms with Gasteiger partial charge in [0.25, 0.3) is 0 Å². The second kappa shape index (κ2) is 5.77. The highest BCUT2D eigenvalue weighted by atomic mass is 16.5. The van der Waals surface area contributed by atoms with Crippen molar-refractivity contribution < 1.29 is 14.6 Å². The van der Waals surface area contributed by atoms with Gasteiger partial charge in [-0.3, -0.25) is 4.98 Å². The number of likely N-dealkylation sites (tertiary alicyclic amines) is 1. The second-order valence-electron chi connectivity index (χ2n) is 4.49. The SMILES string of the molecule is CN1CCCCC1COc1cncc(C(=O)O)n1. The Morgan fingerprint density at radius 3 is 3.11 bits per heavy atom. The average molecular weight is 251 g/mol. The lowest BCUT2D eigenvalue weighted by Gasteiger charge is -2.31. The summed E-state index contributed by atoms with van der Waals surface area (Å²) in [5.74, 6) is -0.823. The van der Waals surface area contributed by atoms with Gasteiger partial charge in [-0.2, -0.15) is 0 Å². The molecule has 1 fully saturated rings. The van der Waals surface area contributed by atoms with Crippen molar-refractivity contribution >= 4 is 5.97 Å². The molecule has 0 bridgehead atoms. The largest absolute Gasteiger partial charge is 0.476 e. The predicted octanol–water partition coefficient (Wildman–Crippen LogP) is 1.04. The zero-order valence-electron chi connectivity index (χ0n) is 10.4. The molecule has 1 unspecified atom stereocenters. The number of hydrogen-bond donors (Lipinski definition) is 1. The number of likely N-dealkylation sites (N-methyl/N-ethyl adjacent to an activating group) is 1. The van der Waals surface area contributed by atoms with Crippen LogP contribution in [0.5, 0.6) is 5.88 Å². The normalized spacial score (nSPS) is 20.6. The zero-order valence-corrected chi connectivity index (χ0v) is 10.4. The number of carboxylic acid groups (broad SMARTS) is 1. The number of aromatic nitrogens is 2. The van der Waals surface area contributed by atoms with Gasteiger partial charge in [0.2, 0.25) is 5.88 Å². The molecule has 6 nitrogen and oxygen atoms in total. The van der Waals surface area contributed by atoms with Gasteiger partial charge >= 0.3 is 5.97 Å². The van der Waals surface area contributed by atoms with E-state index in [-0.39, 0.29) is 11.6 Å². The average Bonchev–Trinajstić information content (AvgIpc) is 2.38. The molecule has 1 atom stereocenters. The van der Waals surface area contributed by atoms with Gasteiger partial charge in [0.15, 0.2) is 5.69 Å². The molecule has 0 radical (unpaired) electrons. The minimum absolute atomic E-state index is 0.0931. The Balaban J connectivity index is 1.93. The van der Waals surface area contributed by atoms with E-state index in [0.29, 0.717) is 12.6 Å². The minimum atomic E-state index is -1.09. The summed E-state index contributed by atoms with van der Waals surface area (Å²) in [4.78, 5) is 20.7. The van der Waals surface area contributed by atoms with Gasteiger partial charge < -0.3 is 14.7 Å². The van der Waals surface area contributed by atoms with Crippen LogP contribution in [0.25, 0.3) is 0 Å². The third-order valence-electron chi connectivity index (χ3n) is 3.18. The van der Waals surface area contributed by atoms with E-state index in [1.165, 1.54) is 25.2 Å². The van der Waals surface area contributed by atoms with Gasteiger partial charge in [-0.25, -0.2) is 9.78 Å². The fraction of sp³-hybridized carbons (Fsp3) is 0.583. The maximum atomic E-state index is 10.7. The summed E-state index contributed by atoms with van der Waals surface area (Å²) in [6.45, 7) is 1.60. The molecule has 1 saturated heterocycles. The van der Waals surface area contributed by atoms with Gasteiger partial charge in [0, 0.05) is 6.04 Å². The zero-order chi connectivity index (χ0) is 13.0. The second-order valence-corrected chi connectivity index (χ2v) is 4.49. The van der Waals surface area contributed by atoms with Crippen molar-refractivity contribution in [2.45, 2.75) is 25.3 Å². The van der Waals surface area contributed by atoms with Gasteiger partial charge in [-0.1, -0.05) is 6.42 Å². The van der Waals surface area contributed by atoms with E-state index in [1.807, 2.05) is 0 Å². The van der Waals surface area contributed by atoms with E-state index in [1.54, 1.807) is 0 Å². The molecular formula is C12H17N3O3. The first-order valence-corrected chi connectivity index (χ1v) is 6.05. The number of piperidine rings is 1. The first-order valence-electron chi connectivity index (χ1n) is 6.05. The highest BCUT2D eigenvalue weighted by molar-refractivity contribution is 5.84. The molecule has 6 heteroatoms. The summed E-state index contributed by atoms with van der Waals surface area (Å²) < 4.78 is 5.53. The quantitative estimate of drug-likeness (QED) is 0.861. The third kappa shape index (κ3) is 3.16. The van der Waals surface area contributed by atoms with Crippen molar-refractivity contribution in [2.24, 2.45) is 0 Å². The van der Waals surface area contributed by atoms with Crippen molar-refractivity contribution in [2.75, 3.05) is 20.2 Å². The number of carboxylic acids is 1. The van der Waals surface area contributed by atoms with Crippen LogP contribution in [0.15, 0.2) is 12.4 Å². The predicted molar refractivity (Wildman–Crippen MR) is 64.8 cm³/mol. The molecule has 2 rings (SSSR count). The number of aromatic carboxylic acids is 1. The molecule has 0 aromatic carbocycles. The molecule has 0 amide bonds. The van der Waals surface area contributed by atoms with E-state index in [9.17, 15) is 4.79 Å². The Labute approximate surface area is 106 Å². The van der Waals surface area contributed by atoms with Crippen LogP contribution in [0.2, 0.25) is 0 Å². The van der Waals surface area contributed by atoms with Crippen molar-refractivity contribution in [3.63, 3.8) is 0 Å². The van der Waals surface area contributed by atoms with Crippen LogP contribution in [0.1, 0.15) is 29.8 Å². The maximum absolute atomic E-state index is 10.7. The van der Waals surface area contributed by atoms with Crippen molar-refractivity contribution in [3.8, 4) is 5.88 Å². The van der Waals surface area contributed by atoms with E-state index < -0.39 is 5.97 Å². The van der Waals surface area contributed by atoms with Crippen LogP contribution in [0.4, 0.5) is 0 Å². The van der Waals surface area contributed by atoms with Gasteiger partial charge in [-0.05, 0) is 26.4 Å². The first-order chi connectivity index (χ1) is 8.66. The number of nitrogens with zero attached hydrogens (tertiary/aromatic N) is 3. The summed E-state index contributed by atoms with van der Waals surface area (Å²) in [6.07, 6.45) is 6.18. The number of rotatable bonds is 4. The Bertz CT molecular complexity index is 425. The Morgan fingerprint density at radius 1 is 1.56 bits per heavy atom. The van der Waals surface area contributed by atoms with E-state index in [2.05, 4.69) is 21.9 Å². The lowest BCUT2D eigenvalue weighted by molar-refractivity contribution is 0.0687. The lowest BCUT2D eigenvalue weighted by Crippen LogP contribution is -2.40.